The molecule has 2 N–H and O–H groups in total. The Balaban J connectivity index is 1.66. The molecule has 2 heterocycles. The second-order valence-corrected chi connectivity index (χ2v) is 7.33. The Labute approximate surface area is 167 Å². The minimum absolute atomic E-state index is 0.117. The van der Waals surface area contributed by atoms with E-state index in [1.54, 1.807) is 18.2 Å². The van der Waals surface area contributed by atoms with Crippen molar-refractivity contribution in [2.45, 2.75) is 32.0 Å². The molecule has 0 unspecified atom stereocenters. The van der Waals surface area contributed by atoms with Crippen LogP contribution in [0.15, 0.2) is 48.7 Å². The third-order valence-corrected chi connectivity index (χ3v) is 5.31. The number of nitrogens with one attached hydrogen (secondary N) is 1. The number of piperidine rings is 1. The Morgan fingerprint density at radius 1 is 0.966 bits per heavy atom. The van der Waals surface area contributed by atoms with E-state index in [4.69, 9.17) is 0 Å². The molecule has 1 aliphatic rings. The van der Waals surface area contributed by atoms with Gasteiger partial charge in [0.1, 0.15) is 5.75 Å². The van der Waals surface area contributed by atoms with E-state index in [0.29, 0.717) is 23.3 Å². The lowest BCUT2D eigenvalue weighted by Gasteiger charge is -2.27. The number of alkyl halides is 3. The van der Waals surface area contributed by atoms with E-state index >= 15 is 0 Å². The maximum atomic E-state index is 13.3. The molecule has 2 aromatic carbocycles. The van der Waals surface area contributed by atoms with Crippen molar-refractivity contribution in [1.82, 2.24) is 9.88 Å². The fraction of sp³-hybridized carbons (Fsp3) is 0.318. The van der Waals surface area contributed by atoms with Crippen molar-refractivity contribution in [2.24, 2.45) is 0 Å². The van der Waals surface area contributed by atoms with Crippen molar-refractivity contribution >= 4 is 22.3 Å². The topological polar surface area (TPSA) is 48.4 Å². The molecule has 0 atom stereocenters. The standard InChI is InChI=1S/C22H22F3N3O/c23-22(24,25)17-8-5-7-16-18(10-11-26-20(16)17)27-19-9-4-6-15(21(19)29)14-28-12-2-1-3-13-28/h4-11,29H,1-3,12-14H2,(H,26,27). The van der Waals surface area contributed by atoms with Gasteiger partial charge in [-0.2, -0.15) is 13.2 Å². The predicted molar refractivity (Wildman–Crippen MR) is 107 cm³/mol. The smallest absolute Gasteiger partial charge is 0.418 e. The molecular weight excluding hydrogens is 379 g/mol. The van der Waals surface area contributed by atoms with Gasteiger partial charge in [0, 0.05) is 29.4 Å². The highest BCUT2D eigenvalue weighted by Crippen LogP contribution is 2.38. The van der Waals surface area contributed by atoms with Crippen LogP contribution >= 0.6 is 0 Å². The first-order valence-corrected chi connectivity index (χ1v) is 9.68. The number of aromatic hydroxyl groups is 1. The lowest BCUT2D eigenvalue weighted by atomic mass is 10.1. The number of para-hydroxylation sites is 2. The summed E-state index contributed by atoms with van der Waals surface area (Å²) >= 11 is 0. The Bertz CT molecular complexity index is 1010. The van der Waals surface area contributed by atoms with E-state index in [2.05, 4.69) is 15.2 Å². The van der Waals surface area contributed by atoms with Gasteiger partial charge in [0.2, 0.25) is 0 Å². The summed E-state index contributed by atoms with van der Waals surface area (Å²) in [4.78, 5) is 6.24. The number of hydrogen-bond donors (Lipinski definition) is 2. The van der Waals surface area contributed by atoms with Gasteiger partial charge in [-0.05, 0) is 44.1 Å². The Kier molecular flexibility index (Phi) is 5.32. The zero-order valence-electron chi connectivity index (χ0n) is 15.8. The third-order valence-electron chi connectivity index (χ3n) is 5.31. The highest BCUT2D eigenvalue weighted by molar-refractivity contribution is 5.95. The van der Waals surface area contributed by atoms with Crippen LogP contribution < -0.4 is 5.32 Å². The summed E-state index contributed by atoms with van der Waals surface area (Å²) in [6, 6.07) is 11.0. The van der Waals surface area contributed by atoms with Gasteiger partial charge in [0.25, 0.3) is 0 Å². The van der Waals surface area contributed by atoms with E-state index in [9.17, 15) is 18.3 Å². The van der Waals surface area contributed by atoms with Gasteiger partial charge in [0.05, 0.1) is 16.8 Å². The van der Waals surface area contributed by atoms with Gasteiger partial charge < -0.3 is 10.4 Å². The number of rotatable bonds is 4. The number of likely N-dealkylation sites (tertiary alicyclic amines) is 1. The molecule has 0 amide bonds. The van der Waals surface area contributed by atoms with Crippen LogP contribution in [0.1, 0.15) is 30.4 Å². The Hall–Kier alpha value is -2.80. The molecule has 0 spiro atoms. The molecule has 4 nitrogen and oxygen atoms in total. The molecule has 1 aliphatic heterocycles. The maximum Gasteiger partial charge on any atom is 0.418 e. The molecule has 3 aromatic rings. The number of pyridine rings is 1. The molecule has 7 heteroatoms. The van der Waals surface area contributed by atoms with Crippen molar-refractivity contribution in [2.75, 3.05) is 18.4 Å². The van der Waals surface area contributed by atoms with E-state index in [-0.39, 0.29) is 11.3 Å². The van der Waals surface area contributed by atoms with Crippen LogP contribution in [-0.2, 0) is 12.7 Å². The number of aromatic nitrogens is 1. The molecule has 1 aromatic heterocycles. The van der Waals surface area contributed by atoms with E-state index < -0.39 is 11.7 Å². The van der Waals surface area contributed by atoms with Crippen LogP contribution in [0.4, 0.5) is 24.5 Å². The zero-order valence-corrected chi connectivity index (χ0v) is 15.8. The molecule has 0 radical (unpaired) electrons. The van der Waals surface area contributed by atoms with Crippen molar-refractivity contribution in [1.29, 1.82) is 0 Å². The molecule has 152 valence electrons. The first-order valence-electron chi connectivity index (χ1n) is 9.68. The fourth-order valence-corrected chi connectivity index (χ4v) is 3.84. The van der Waals surface area contributed by atoms with E-state index in [1.165, 1.54) is 18.7 Å². The minimum Gasteiger partial charge on any atom is -0.505 e. The number of benzene rings is 2. The van der Waals surface area contributed by atoms with Crippen LogP contribution in [-0.4, -0.2) is 28.1 Å². The summed E-state index contributed by atoms with van der Waals surface area (Å²) in [6.45, 7) is 2.66. The number of hydrogen-bond acceptors (Lipinski definition) is 4. The average Bonchev–Trinajstić information content (AvgIpc) is 2.71. The lowest BCUT2D eigenvalue weighted by molar-refractivity contribution is -0.136. The van der Waals surface area contributed by atoms with Crippen molar-refractivity contribution in [3.05, 3.63) is 59.8 Å². The monoisotopic (exact) mass is 401 g/mol. The molecule has 29 heavy (non-hydrogen) atoms. The summed E-state index contributed by atoms with van der Waals surface area (Å²) in [7, 11) is 0. The second kappa shape index (κ2) is 7.91. The summed E-state index contributed by atoms with van der Waals surface area (Å²) in [6.07, 6.45) is 0.405. The lowest BCUT2D eigenvalue weighted by Crippen LogP contribution is -2.29. The number of anilines is 2. The first-order chi connectivity index (χ1) is 13.9. The predicted octanol–water partition coefficient (Wildman–Crippen LogP) is 5.69. The summed E-state index contributed by atoms with van der Waals surface area (Å²) < 4.78 is 39.9. The number of phenolic OH excluding ortho intramolecular Hbond substituents is 1. The van der Waals surface area contributed by atoms with Crippen LogP contribution in [0.2, 0.25) is 0 Å². The zero-order chi connectivity index (χ0) is 20.4. The highest BCUT2D eigenvalue weighted by Gasteiger charge is 2.33. The van der Waals surface area contributed by atoms with Gasteiger partial charge in [-0.15, -0.1) is 0 Å². The van der Waals surface area contributed by atoms with Crippen LogP contribution in [0, 0.1) is 0 Å². The van der Waals surface area contributed by atoms with E-state index in [0.717, 1.165) is 37.6 Å². The van der Waals surface area contributed by atoms with Gasteiger partial charge in [0.15, 0.2) is 0 Å². The molecule has 0 aliphatic carbocycles. The van der Waals surface area contributed by atoms with Crippen LogP contribution in [0.25, 0.3) is 10.9 Å². The van der Waals surface area contributed by atoms with Gasteiger partial charge >= 0.3 is 6.18 Å². The Morgan fingerprint density at radius 3 is 2.48 bits per heavy atom. The van der Waals surface area contributed by atoms with Crippen LogP contribution in [0.5, 0.6) is 5.75 Å². The summed E-state index contributed by atoms with van der Waals surface area (Å²) in [5, 5.41) is 14.2. The quantitative estimate of drug-likeness (QED) is 0.552. The number of nitrogens with zero attached hydrogens (tertiary/aromatic N) is 2. The Morgan fingerprint density at radius 2 is 1.72 bits per heavy atom. The van der Waals surface area contributed by atoms with Gasteiger partial charge in [-0.25, -0.2) is 0 Å². The van der Waals surface area contributed by atoms with Crippen LogP contribution in [0.3, 0.4) is 0 Å². The molecule has 1 saturated heterocycles. The number of phenols is 1. The normalized spacial score (nSPS) is 15.6. The molecule has 0 saturated carbocycles. The SMILES string of the molecule is Oc1c(CN2CCCCC2)cccc1Nc1ccnc2c(C(F)(F)F)cccc12. The van der Waals surface area contributed by atoms with Gasteiger partial charge in [-0.1, -0.05) is 30.7 Å². The maximum absolute atomic E-state index is 13.3. The molecule has 0 bridgehead atoms. The average molecular weight is 401 g/mol. The van der Waals surface area contributed by atoms with Gasteiger partial charge in [-0.3, -0.25) is 9.88 Å². The largest absolute Gasteiger partial charge is 0.505 e. The highest BCUT2D eigenvalue weighted by atomic mass is 19.4. The summed E-state index contributed by atoms with van der Waals surface area (Å²) in [5.41, 5.74) is 0.831. The first kappa shape index (κ1) is 19.5. The van der Waals surface area contributed by atoms with Crippen molar-refractivity contribution in [3.63, 3.8) is 0 Å². The number of halogens is 3. The van der Waals surface area contributed by atoms with E-state index in [1.807, 2.05) is 12.1 Å². The minimum atomic E-state index is -4.48. The van der Waals surface area contributed by atoms with Crippen molar-refractivity contribution in [3.8, 4) is 5.75 Å². The molecule has 1 fully saturated rings. The fourth-order valence-electron chi connectivity index (χ4n) is 3.84. The second-order valence-electron chi connectivity index (χ2n) is 7.33. The summed E-state index contributed by atoms with van der Waals surface area (Å²) in [5.74, 6) is 0.120. The third kappa shape index (κ3) is 4.15. The number of fused-ring (bicyclic) bond motifs is 1. The molecule has 4 rings (SSSR count). The molecular formula is C22H22F3N3O. The van der Waals surface area contributed by atoms with Crippen molar-refractivity contribution < 1.29 is 18.3 Å².